The maximum absolute atomic E-state index is 11.4. The fourth-order valence-electron chi connectivity index (χ4n) is 1.77. The van der Waals surface area contributed by atoms with Crippen LogP contribution in [0.3, 0.4) is 0 Å². The van der Waals surface area contributed by atoms with Gasteiger partial charge in [-0.2, -0.15) is 0 Å². The molecule has 0 bridgehead atoms. The zero-order chi connectivity index (χ0) is 12.3. The molecule has 1 aromatic heterocycles. The zero-order valence-corrected chi connectivity index (χ0v) is 10.1. The molecule has 1 aromatic carbocycles. The van der Waals surface area contributed by atoms with Crippen molar-refractivity contribution in [3.63, 3.8) is 0 Å². The van der Waals surface area contributed by atoms with E-state index in [1.807, 2.05) is 24.3 Å². The Kier molecular flexibility index (Phi) is 3.28. The summed E-state index contributed by atoms with van der Waals surface area (Å²) < 4.78 is 2.13. The third kappa shape index (κ3) is 2.38. The molecular formula is C14H16N2O. The van der Waals surface area contributed by atoms with Crippen LogP contribution < -0.4 is 5.32 Å². The molecule has 0 fully saturated rings. The number of hydrogen-bond donors (Lipinski definition) is 1. The first kappa shape index (κ1) is 11.5. The number of aromatic nitrogens is 1. The Morgan fingerprint density at radius 1 is 1.18 bits per heavy atom. The van der Waals surface area contributed by atoms with Gasteiger partial charge in [0.15, 0.2) is 0 Å². The number of benzene rings is 1. The van der Waals surface area contributed by atoms with Gasteiger partial charge in [-0.3, -0.25) is 4.79 Å². The largest absolute Gasteiger partial charge is 0.355 e. The molecule has 2 aromatic rings. The van der Waals surface area contributed by atoms with Gasteiger partial charge in [0.2, 0.25) is 0 Å². The van der Waals surface area contributed by atoms with Crippen LogP contribution in [0.2, 0.25) is 0 Å². The summed E-state index contributed by atoms with van der Waals surface area (Å²) in [6.45, 7) is 3.08. The minimum absolute atomic E-state index is 0.0531. The van der Waals surface area contributed by atoms with Crippen LogP contribution in [0.5, 0.6) is 0 Å². The van der Waals surface area contributed by atoms with Crippen molar-refractivity contribution < 1.29 is 4.79 Å². The highest BCUT2D eigenvalue weighted by molar-refractivity contribution is 5.94. The second-order valence-electron chi connectivity index (χ2n) is 3.89. The van der Waals surface area contributed by atoms with Gasteiger partial charge in [0.1, 0.15) is 0 Å². The molecule has 0 saturated carbocycles. The van der Waals surface area contributed by atoms with Crippen LogP contribution in [0.15, 0.2) is 42.7 Å². The van der Waals surface area contributed by atoms with Gasteiger partial charge in [-0.05, 0) is 36.2 Å². The molecule has 0 spiro atoms. The first-order valence-corrected chi connectivity index (χ1v) is 5.73. The van der Waals surface area contributed by atoms with E-state index < -0.39 is 0 Å². The number of nitrogens with one attached hydrogen (secondary N) is 1. The summed E-state index contributed by atoms with van der Waals surface area (Å²) in [5, 5.41) is 2.61. The van der Waals surface area contributed by atoms with Gasteiger partial charge in [0.25, 0.3) is 5.91 Å². The van der Waals surface area contributed by atoms with E-state index in [0.717, 1.165) is 12.1 Å². The molecule has 0 atom stereocenters. The lowest BCUT2D eigenvalue weighted by atomic mass is 10.1. The van der Waals surface area contributed by atoms with Gasteiger partial charge < -0.3 is 9.88 Å². The van der Waals surface area contributed by atoms with Crippen LogP contribution in [0.4, 0.5) is 0 Å². The van der Waals surface area contributed by atoms with Crippen molar-refractivity contribution in [2.75, 3.05) is 7.05 Å². The van der Waals surface area contributed by atoms with E-state index in [-0.39, 0.29) is 5.91 Å². The molecule has 0 aliphatic carbocycles. The maximum Gasteiger partial charge on any atom is 0.251 e. The minimum atomic E-state index is -0.0531. The summed E-state index contributed by atoms with van der Waals surface area (Å²) >= 11 is 0. The fraction of sp³-hybridized carbons (Fsp3) is 0.214. The quantitative estimate of drug-likeness (QED) is 0.860. The Morgan fingerprint density at radius 3 is 2.41 bits per heavy atom. The second kappa shape index (κ2) is 4.87. The highest BCUT2D eigenvalue weighted by atomic mass is 16.1. The molecule has 1 N–H and O–H groups in total. The molecule has 17 heavy (non-hydrogen) atoms. The molecule has 0 aliphatic heterocycles. The van der Waals surface area contributed by atoms with E-state index in [0.29, 0.717) is 5.56 Å². The Labute approximate surface area is 101 Å². The summed E-state index contributed by atoms with van der Waals surface area (Å²) in [5.74, 6) is -0.0531. The number of carbonyl (C=O) groups is 1. The lowest BCUT2D eigenvalue weighted by Gasteiger charge is -2.02. The fourth-order valence-corrected chi connectivity index (χ4v) is 1.77. The molecule has 3 nitrogen and oxygen atoms in total. The molecule has 3 heteroatoms. The highest BCUT2D eigenvalue weighted by Crippen LogP contribution is 2.20. The summed E-state index contributed by atoms with van der Waals surface area (Å²) in [7, 11) is 1.64. The normalized spacial score (nSPS) is 10.2. The van der Waals surface area contributed by atoms with Gasteiger partial charge in [-0.25, -0.2) is 0 Å². The summed E-state index contributed by atoms with van der Waals surface area (Å²) in [6, 6.07) is 9.72. The van der Waals surface area contributed by atoms with E-state index in [1.54, 1.807) is 7.05 Å². The first-order chi connectivity index (χ1) is 8.24. The number of hydrogen-bond acceptors (Lipinski definition) is 1. The predicted molar refractivity (Wildman–Crippen MR) is 68.9 cm³/mol. The molecule has 0 saturated heterocycles. The van der Waals surface area contributed by atoms with Crippen molar-refractivity contribution in [3.05, 3.63) is 48.3 Å². The standard InChI is InChI=1S/C14H16N2O/c1-3-16-9-8-13(10-16)11-4-6-12(7-5-11)14(17)15-2/h4-10H,3H2,1-2H3,(H,15,17). The third-order valence-electron chi connectivity index (χ3n) is 2.82. The summed E-state index contributed by atoms with van der Waals surface area (Å²) in [4.78, 5) is 11.4. The van der Waals surface area contributed by atoms with Gasteiger partial charge in [0.05, 0.1) is 0 Å². The van der Waals surface area contributed by atoms with Crippen LogP contribution >= 0.6 is 0 Å². The number of rotatable bonds is 3. The summed E-state index contributed by atoms with van der Waals surface area (Å²) in [5.41, 5.74) is 2.99. The average molecular weight is 228 g/mol. The van der Waals surface area contributed by atoms with Crippen LogP contribution in [0.1, 0.15) is 17.3 Å². The third-order valence-corrected chi connectivity index (χ3v) is 2.82. The highest BCUT2D eigenvalue weighted by Gasteiger charge is 2.04. The number of carbonyl (C=O) groups excluding carboxylic acids is 1. The predicted octanol–water partition coefficient (Wildman–Crippen LogP) is 2.53. The van der Waals surface area contributed by atoms with E-state index in [4.69, 9.17) is 0 Å². The van der Waals surface area contributed by atoms with Crippen LogP contribution in [0.25, 0.3) is 11.1 Å². The number of nitrogens with zero attached hydrogens (tertiary/aromatic N) is 1. The monoisotopic (exact) mass is 228 g/mol. The SMILES string of the molecule is CCn1ccc(-c2ccc(C(=O)NC)cc2)c1. The van der Waals surface area contributed by atoms with E-state index >= 15 is 0 Å². The van der Waals surface area contributed by atoms with Crippen LogP contribution in [-0.4, -0.2) is 17.5 Å². The number of aryl methyl sites for hydroxylation is 1. The van der Waals surface area contributed by atoms with Crippen molar-refractivity contribution in [1.29, 1.82) is 0 Å². The molecule has 88 valence electrons. The van der Waals surface area contributed by atoms with Gasteiger partial charge in [-0.15, -0.1) is 0 Å². The molecule has 1 heterocycles. The molecule has 2 rings (SSSR count). The zero-order valence-electron chi connectivity index (χ0n) is 10.1. The average Bonchev–Trinajstić information content (AvgIpc) is 2.87. The van der Waals surface area contributed by atoms with Crippen molar-refractivity contribution in [3.8, 4) is 11.1 Å². The lowest BCUT2D eigenvalue weighted by molar-refractivity contribution is 0.0963. The topological polar surface area (TPSA) is 34.0 Å². The van der Waals surface area contributed by atoms with Gasteiger partial charge in [-0.1, -0.05) is 12.1 Å². The number of amides is 1. The lowest BCUT2D eigenvalue weighted by Crippen LogP contribution is -2.17. The van der Waals surface area contributed by atoms with Gasteiger partial charge >= 0.3 is 0 Å². The molecule has 0 aliphatic rings. The maximum atomic E-state index is 11.4. The van der Waals surface area contributed by atoms with Crippen molar-refractivity contribution in [2.45, 2.75) is 13.5 Å². The Bertz CT molecular complexity index is 511. The Morgan fingerprint density at radius 2 is 1.88 bits per heavy atom. The van der Waals surface area contributed by atoms with Crippen molar-refractivity contribution in [1.82, 2.24) is 9.88 Å². The van der Waals surface area contributed by atoms with Crippen LogP contribution in [-0.2, 0) is 6.54 Å². The first-order valence-electron chi connectivity index (χ1n) is 5.73. The Balaban J connectivity index is 2.25. The van der Waals surface area contributed by atoms with Gasteiger partial charge in [0, 0.05) is 31.5 Å². The summed E-state index contributed by atoms with van der Waals surface area (Å²) in [6.07, 6.45) is 4.16. The minimum Gasteiger partial charge on any atom is -0.355 e. The molecule has 0 radical (unpaired) electrons. The van der Waals surface area contributed by atoms with Crippen molar-refractivity contribution >= 4 is 5.91 Å². The molecule has 0 unspecified atom stereocenters. The molecule has 1 amide bonds. The van der Waals surface area contributed by atoms with E-state index in [1.165, 1.54) is 5.56 Å². The van der Waals surface area contributed by atoms with Crippen molar-refractivity contribution in [2.24, 2.45) is 0 Å². The van der Waals surface area contributed by atoms with E-state index in [9.17, 15) is 4.79 Å². The van der Waals surface area contributed by atoms with Crippen LogP contribution in [0, 0.1) is 0 Å². The Hall–Kier alpha value is -2.03. The molecular weight excluding hydrogens is 212 g/mol. The van der Waals surface area contributed by atoms with E-state index in [2.05, 4.69) is 35.3 Å². The second-order valence-corrected chi connectivity index (χ2v) is 3.89. The smallest absolute Gasteiger partial charge is 0.251 e.